The molecule has 2 unspecified atom stereocenters. The summed E-state index contributed by atoms with van der Waals surface area (Å²) in [7, 11) is -3.33. The number of rotatable bonds is 5. The fraction of sp³-hybridized carbons (Fsp3) is 0.538. The lowest BCUT2D eigenvalue weighted by molar-refractivity contribution is 0.554. The van der Waals surface area contributed by atoms with Gasteiger partial charge in [0.25, 0.3) is 0 Å². The maximum Gasteiger partial charge on any atom is 0.216 e. The molecule has 1 aromatic carbocycles. The third kappa shape index (κ3) is 3.87. The Labute approximate surface area is 119 Å². The van der Waals surface area contributed by atoms with Gasteiger partial charge in [0.2, 0.25) is 10.0 Å². The van der Waals surface area contributed by atoms with Crippen LogP contribution in [0.5, 0.6) is 0 Å². The fourth-order valence-electron chi connectivity index (χ4n) is 2.49. The third-order valence-corrected chi connectivity index (χ3v) is 6.01. The predicted octanol–water partition coefficient (Wildman–Crippen LogP) is 1.97. The number of para-hydroxylation sites is 1. The Morgan fingerprint density at radius 3 is 2.79 bits per heavy atom. The van der Waals surface area contributed by atoms with Gasteiger partial charge in [0.15, 0.2) is 0 Å². The summed E-state index contributed by atoms with van der Waals surface area (Å²) < 4.78 is 27.2. The third-order valence-electron chi connectivity index (χ3n) is 3.49. The number of thioether (sulfide) groups is 1. The Morgan fingerprint density at radius 2 is 2.11 bits per heavy atom. The molecule has 0 spiro atoms. The molecule has 3 N–H and O–H groups in total. The molecule has 0 radical (unpaired) electrons. The molecule has 6 heteroatoms. The monoisotopic (exact) mass is 300 g/mol. The molecule has 0 saturated heterocycles. The molecular weight excluding hydrogens is 280 g/mol. The highest BCUT2D eigenvalue weighted by molar-refractivity contribution is 7.99. The molecular formula is C13H20N2O2S2. The van der Waals surface area contributed by atoms with Crippen molar-refractivity contribution in [1.82, 2.24) is 4.72 Å². The molecule has 2 rings (SSSR count). The van der Waals surface area contributed by atoms with E-state index < -0.39 is 10.0 Å². The standard InChI is InChI=1S/C13H20N2O2S2/c1-18-13-8-4-7-12(13)15-19(16,17)9-10-5-2-3-6-11(10)14/h2-3,5-6,12-13,15H,4,7-9,14H2,1H3. The molecule has 0 aliphatic heterocycles. The first kappa shape index (κ1) is 14.7. The van der Waals surface area contributed by atoms with Crippen LogP contribution >= 0.6 is 11.8 Å². The number of benzene rings is 1. The molecule has 2 atom stereocenters. The number of hydrogen-bond acceptors (Lipinski definition) is 4. The molecule has 1 aromatic rings. The quantitative estimate of drug-likeness (QED) is 0.816. The van der Waals surface area contributed by atoms with Crippen LogP contribution in [0.15, 0.2) is 24.3 Å². The number of hydrogen-bond donors (Lipinski definition) is 2. The summed E-state index contributed by atoms with van der Waals surface area (Å²) in [4.78, 5) is 0. The van der Waals surface area contributed by atoms with Crippen molar-refractivity contribution in [3.05, 3.63) is 29.8 Å². The van der Waals surface area contributed by atoms with Gasteiger partial charge in [-0.3, -0.25) is 0 Å². The van der Waals surface area contributed by atoms with Crippen molar-refractivity contribution in [1.29, 1.82) is 0 Å². The van der Waals surface area contributed by atoms with Crippen molar-refractivity contribution >= 4 is 27.5 Å². The molecule has 1 aliphatic rings. The van der Waals surface area contributed by atoms with Crippen LogP contribution in [0.4, 0.5) is 5.69 Å². The van der Waals surface area contributed by atoms with E-state index in [4.69, 9.17) is 5.73 Å². The maximum absolute atomic E-state index is 12.2. The highest BCUT2D eigenvalue weighted by atomic mass is 32.2. The molecule has 0 amide bonds. The van der Waals surface area contributed by atoms with E-state index >= 15 is 0 Å². The normalized spacial score (nSPS) is 23.6. The summed E-state index contributed by atoms with van der Waals surface area (Å²) in [5.41, 5.74) is 6.98. The Morgan fingerprint density at radius 1 is 1.37 bits per heavy atom. The summed E-state index contributed by atoms with van der Waals surface area (Å²) in [5, 5.41) is 0.392. The van der Waals surface area contributed by atoms with Gasteiger partial charge in [0, 0.05) is 17.0 Å². The van der Waals surface area contributed by atoms with Gasteiger partial charge in [0.05, 0.1) is 5.75 Å². The summed E-state index contributed by atoms with van der Waals surface area (Å²) in [6, 6.07) is 7.16. The van der Waals surface area contributed by atoms with E-state index in [1.54, 1.807) is 30.0 Å². The van der Waals surface area contributed by atoms with Gasteiger partial charge < -0.3 is 5.73 Å². The molecule has 1 fully saturated rings. The lowest BCUT2D eigenvalue weighted by Gasteiger charge is -2.19. The van der Waals surface area contributed by atoms with Crippen LogP contribution in [-0.2, 0) is 15.8 Å². The van der Waals surface area contributed by atoms with Gasteiger partial charge in [-0.25, -0.2) is 13.1 Å². The van der Waals surface area contributed by atoms with E-state index in [-0.39, 0.29) is 11.8 Å². The van der Waals surface area contributed by atoms with Crippen LogP contribution in [-0.4, -0.2) is 26.0 Å². The second kappa shape index (κ2) is 6.15. The number of anilines is 1. The SMILES string of the molecule is CSC1CCCC1NS(=O)(=O)Cc1ccccc1N. The molecule has 106 valence electrons. The second-order valence-corrected chi connectivity index (χ2v) is 7.72. The van der Waals surface area contributed by atoms with Crippen LogP contribution in [0.25, 0.3) is 0 Å². The predicted molar refractivity (Wildman–Crippen MR) is 81.6 cm³/mol. The van der Waals surface area contributed by atoms with Crippen molar-refractivity contribution in [3.63, 3.8) is 0 Å². The van der Waals surface area contributed by atoms with Crippen molar-refractivity contribution in [3.8, 4) is 0 Å². The number of nitrogen functional groups attached to an aromatic ring is 1. The van der Waals surface area contributed by atoms with Crippen LogP contribution in [0.2, 0.25) is 0 Å². The van der Waals surface area contributed by atoms with Gasteiger partial charge in [-0.15, -0.1) is 0 Å². The first-order chi connectivity index (χ1) is 9.02. The average Bonchev–Trinajstić information content (AvgIpc) is 2.78. The Balaban J connectivity index is 2.05. The van der Waals surface area contributed by atoms with Crippen molar-refractivity contribution < 1.29 is 8.42 Å². The topological polar surface area (TPSA) is 72.2 Å². The molecule has 0 bridgehead atoms. The highest BCUT2D eigenvalue weighted by Gasteiger charge is 2.30. The minimum absolute atomic E-state index is 0.0444. The molecule has 19 heavy (non-hydrogen) atoms. The van der Waals surface area contributed by atoms with Crippen LogP contribution in [0.1, 0.15) is 24.8 Å². The molecule has 1 aliphatic carbocycles. The van der Waals surface area contributed by atoms with Gasteiger partial charge in [-0.2, -0.15) is 11.8 Å². The Bertz CT molecular complexity index is 531. The highest BCUT2D eigenvalue weighted by Crippen LogP contribution is 2.29. The fourth-order valence-corrected chi connectivity index (χ4v) is 5.01. The average molecular weight is 300 g/mol. The van der Waals surface area contributed by atoms with Gasteiger partial charge in [0.1, 0.15) is 0 Å². The Kier molecular flexibility index (Phi) is 4.76. The summed E-state index contributed by atoms with van der Waals surface area (Å²) in [5.74, 6) is -0.0444. The number of nitrogens with one attached hydrogen (secondary N) is 1. The number of nitrogens with two attached hydrogens (primary N) is 1. The summed E-state index contributed by atoms with van der Waals surface area (Å²) in [6.45, 7) is 0. The molecule has 4 nitrogen and oxygen atoms in total. The number of sulfonamides is 1. The van der Waals surface area contributed by atoms with Crippen LogP contribution in [0.3, 0.4) is 0 Å². The molecule has 0 aromatic heterocycles. The van der Waals surface area contributed by atoms with E-state index in [2.05, 4.69) is 4.72 Å². The Hall–Kier alpha value is -0.720. The lowest BCUT2D eigenvalue weighted by atomic mass is 10.2. The maximum atomic E-state index is 12.2. The summed E-state index contributed by atoms with van der Waals surface area (Å²) in [6.07, 6.45) is 5.13. The van der Waals surface area contributed by atoms with Crippen LogP contribution < -0.4 is 10.5 Å². The zero-order chi connectivity index (χ0) is 13.9. The largest absolute Gasteiger partial charge is 0.398 e. The van der Waals surface area contributed by atoms with Crippen molar-refractivity contribution in [2.75, 3.05) is 12.0 Å². The summed E-state index contributed by atoms with van der Waals surface area (Å²) >= 11 is 1.74. The lowest BCUT2D eigenvalue weighted by Crippen LogP contribution is -2.39. The minimum atomic E-state index is -3.33. The first-order valence-corrected chi connectivity index (χ1v) is 9.32. The van der Waals surface area contributed by atoms with Gasteiger partial charge >= 0.3 is 0 Å². The first-order valence-electron chi connectivity index (χ1n) is 6.38. The minimum Gasteiger partial charge on any atom is -0.398 e. The zero-order valence-electron chi connectivity index (χ0n) is 11.0. The van der Waals surface area contributed by atoms with E-state index in [0.29, 0.717) is 16.5 Å². The van der Waals surface area contributed by atoms with Gasteiger partial charge in [-0.1, -0.05) is 24.6 Å². The second-order valence-electron chi connectivity index (χ2n) is 4.89. The zero-order valence-corrected chi connectivity index (χ0v) is 12.6. The van der Waals surface area contributed by atoms with Gasteiger partial charge in [-0.05, 0) is 30.7 Å². The van der Waals surface area contributed by atoms with E-state index in [0.717, 1.165) is 19.3 Å². The van der Waals surface area contributed by atoms with Crippen molar-refractivity contribution in [2.24, 2.45) is 0 Å². The van der Waals surface area contributed by atoms with E-state index in [1.807, 2.05) is 12.3 Å². The molecule has 0 heterocycles. The van der Waals surface area contributed by atoms with E-state index in [9.17, 15) is 8.42 Å². The van der Waals surface area contributed by atoms with E-state index in [1.165, 1.54) is 0 Å². The van der Waals surface area contributed by atoms with Crippen molar-refractivity contribution in [2.45, 2.75) is 36.3 Å². The molecule has 1 saturated carbocycles. The van der Waals surface area contributed by atoms with Crippen LogP contribution in [0, 0.1) is 0 Å². The smallest absolute Gasteiger partial charge is 0.216 e.